The highest BCUT2D eigenvalue weighted by Gasteiger charge is 2.34. The molecule has 0 unspecified atom stereocenters. The quantitative estimate of drug-likeness (QED) is 0.268. The molecule has 7 nitrogen and oxygen atoms in total. The number of rotatable bonds is 6. The first-order valence-electron chi connectivity index (χ1n) is 13.1. The Bertz CT molecular complexity index is 1660. The zero-order valence-corrected chi connectivity index (χ0v) is 25.0. The molecule has 2 aromatic carbocycles. The number of benzene rings is 2. The molecule has 3 aromatic rings. The largest absolute Gasteiger partial charge is 0.368 e. The van der Waals surface area contributed by atoms with Crippen molar-refractivity contribution in [1.29, 1.82) is 5.26 Å². The minimum absolute atomic E-state index is 0.0540. The highest BCUT2D eigenvalue weighted by atomic mass is 35.5. The summed E-state index contributed by atoms with van der Waals surface area (Å²) in [6.07, 6.45) is 1.76. The first-order chi connectivity index (χ1) is 19.7. The Hall–Kier alpha value is -3.65. The van der Waals surface area contributed by atoms with E-state index in [-0.39, 0.29) is 29.4 Å². The molecule has 0 radical (unpaired) electrons. The van der Waals surface area contributed by atoms with Crippen LogP contribution in [-0.2, 0) is 17.9 Å². The van der Waals surface area contributed by atoms with E-state index in [1.807, 2.05) is 25.1 Å². The van der Waals surface area contributed by atoms with Crippen molar-refractivity contribution >= 4 is 63.4 Å². The SMILES string of the molecule is CCn1c(N2CCN(c3ccc(F)cc3)CC2)c(/C=C2/SC(=S)N(Cc3ccccc3Cl)C2=O)c(C)c(C#N)c1=O. The number of halogens is 2. The van der Waals surface area contributed by atoms with Gasteiger partial charge in [-0.3, -0.25) is 19.1 Å². The Labute approximate surface area is 252 Å². The highest BCUT2D eigenvalue weighted by molar-refractivity contribution is 8.26. The van der Waals surface area contributed by atoms with Crippen molar-refractivity contribution in [1.82, 2.24) is 9.47 Å². The molecule has 3 heterocycles. The summed E-state index contributed by atoms with van der Waals surface area (Å²) in [5.41, 5.74) is 2.59. The van der Waals surface area contributed by atoms with Crippen molar-refractivity contribution in [3.05, 3.63) is 96.9 Å². The van der Waals surface area contributed by atoms with E-state index in [1.54, 1.807) is 35.8 Å². The smallest absolute Gasteiger partial charge is 0.270 e. The van der Waals surface area contributed by atoms with Crippen molar-refractivity contribution in [2.45, 2.75) is 26.9 Å². The van der Waals surface area contributed by atoms with Crippen LogP contribution in [0.2, 0.25) is 5.02 Å². The van der Waals surface area contributed by atoms with Crippen LogP contribution in [0.15, 0.2) is 58.2 Å². The van der Waals surface area contributed by atoms with Gasteiger partial charge < -0.3 is 9.80 Å². The van der Waals surface area contributed by atoms with E-state index in [9.17, 15) is 19.2 Å². The fourth-order valence-corrected chi connectivity index (χ4v) is 6.60. The molecule has 2 aliphatic heterocycles. The number of carbonyl (C=O) groups is 1. The summed E-state index contributed by atoms with van der Waals surface area (Å²) in [4.78, 5) is 33.1. The average molecular weight is 608 g/mol. The van der Waals surface area contributed by atoms with Crippen molar-refractivity contribution in [3.8, 4) is 6.07 Å². The molecule has 5 rings (SSSR count). The minimum Gasteiger partial charge on any atom is -0.368 e. The molecule has 210 valence electrons. The second-order valence-corrected chi connectivity index (χ2v) is 11.8. The number of nitrogens with zero attached hydrogens (tertiary/aromatic N) is 5. The van der Waals surface area contributed by atoms with Crippen LogP contribution in [0.1, 0.15) is 29.2 Å². The number of aromatic nitrogens is 1. The van der Waals surface area contributed by atoms with Gasteiger partial charge in [0.25, 0.3) is 11.5 Å². The number of piperazine rings is 1. The molecular weight excluding hydrogens is 581 g/mol. The number of hydrogen-bond acceptors (Lipinski definition) is 7. The molecule has 11 heteroatoms. The van der Waals surface area contributed by atoms with E-state index in [0.29, 0.717) is 63.9 Å². The van der Waals surface area contributed by atoms with Crippen molar-refractivity contribution < 1.29 is 9.18 Å². The Morgan fingerprint density at radius 3 is 2.37 bits per heavy atom. The fourth-order valence-electron chi connectivity index (χ4n) is 5.17. The van der Waals surface area contributed by atoms with Crippen LogP contribution in [0.4, 0.5) is 15.9 Å². The lowest BCUT2D eigenvalue weighted by Crippen LogP contribution is -2.48. The Morgan fingerprint density at radius 1 is 1.07 bits per heavy atom. The number of anilines is 2. The lowest BCUT2D eigenvalue weighted by Gasteiger charge is -2.39. The molecule has 1 aromatic heterocycles. The number of nitriles is 1. The third-order valence-electron chi connectivity index (χ3n) is 7.37. The molecule has 1 amide bonds. The molecule has 0 saturated carbocycles. The zero-order valence-electron chi connectivity index (χ0n) is 22.6. The predicted octanol–water partition coefficient (Wildman–Crippen LogP) is 5.57. The zero-order chi connectivity index (χ0) is 29.3. The van der Waals surface area contributed by atoms with Crippen LogP contribution in [-0.4, -0.2) is 45.9 Å². The highest BCUT2D eigenvalue weighted by Crippen LogP contribution is 2.37. The second-order valence-electron chi connectivity index (χ2n) is 9.71. The number of thiocarbonyl (C=S) groups is 1. The van der Waals surface area contributed by atoms with E-state index in [1.165, 1.54) is 28.8 Å². The fraction of sp³-hybridized carbons (Fsp3) is 0.267. The maximum atomic E-state index is 13.6. The molecule has 2 fully saturated rings. The summed E-state index contributed by atoms with van der Waals surface area (Å²) in [5, 5.41) is 10.4. The van der Waals surface area contributed by atoms with Crippen LogP contribution < -0.4 is 15.4 Å². The summed E-state index contributed by atoms with van der Waals surface area (Å²) in [6, 6.07) is 15.8. The normalized spacial score (nSPS) is 16.6. The molecule has 0 N–H and O–H groups in total. The third-order valence-corrected chi connectivity index (χ3v) is 9.12. The van der Waals surface area contributed by atoms with Crippen molar-refractivity contribution in [3.63, 3.8) is 0 Å². The van der Waals surface area contributed by atoms with Gasteiger partial charge in [-0.2, -0.15) is 5.26 Å². The predicted molar refractivity (Wildman–Crippen MR) is 167 cm³/mol. The first-order valence-corrected chi connectivity index (χ1v) is 14.8. The maximum Gasteiger partial charge on any atom is 0.270 e. The van der Waals surface area contributed by atoms with Crippen LogP contribution in [0.25, 0.3) is 6.08 Å². The van der Waals surface area contributed by atoms with E-state index in [0.717, 1.165) is 11.3 Å². The van der Waals surface area contributed by atoms with Gasteiger partial charge in [0.15, 0.2) is 0 Å². The van der Waals surface area contributed by atoms with Gasteiger partial charge in [-0.05, 0) is 61.4 Å². The Kier molecular flexibility index (Phi) is 8.50. The molecule has 0 spiro atoms. The monoisotopic (exact) mass is 607 g/mol. The van der Waals surface area contributed by atoms with Gasteiger partial charge in [-0.25, -0.2) is 4.39 Å². The Morgan fingerprint density at radius 2 is 1.73 bits per heavy atom. The van der Waals surface area contributed by atoms with Gasteiger partial charge in [0, 0.05) is 49.0 Å². The minimum atomic E-state index is -0.355. The molecule has 0 bridgehead atoms. The van der Waals surface area contributed by atoms with Gasteiger partial charge in [0.05, 0.1) is 11.4 Å². The number of thioether (sulfide) groups is 1. The summed E-state index contributed by atoms with van der Waals surface area (Å²) in [7, 11) is 0. The van der Waals surface area contributed by atoms with E-state index < -0.39 is 0 Å². The van der Waals surface area contributed by atoms with Crippen LogP contribution >= 0.6 is 35.6 Å². The van der Waals surface area contributed by atoms with Gasteiger partial charge in [-0.1, -0.05) is 53.8 Å². The van der Waals surface area contributed by atoms with Crippen molar-refractivity contribution in [2.75, 3.05) is 36.0 Å². The van der Waals surface area contributed by atoms with Gasteiger partial charge in [0.2, 0.25) is 0 Å². The van der Waals surface area contributed by atoms with Gasteiger partial charge in [-0.15, -0.1) is 0 Å². The van der Waals surface area contributed by atoms with E-state index in [4.69, 9.17) is 23.8 Å². The number of hydrogen-bond donors (Lipinski definition) is 0. The van der Waals surface area contributed by atoms with Crippen molar-refractivity contribution in [2.24, 2.45) is 0 Å². The van der Waals surface area contributed by atoms with E-state index >= 15 is 0 Å². The summed E-state index contributed by atoms with van der Waals surface area (Å²) >= 11 is 13.1. The number of pyridine rings is 1. The topological polar surface area (TPSA) is 72.6 Å². The molecule has 41 heavy (non-hydrogen) atoms. The lowest BCUT2D eigenvalue weighted by molar-refractivity contribution is -0.122. The molecule has 2 aliphatic rings. The summed E-state index contributed by atoms with van der Waals surface area (Å²) < 4.78 is 15.5. The molecule has 0 atom stereocenters. The van der Waals surface area contributed by atoms with Crippen LogP contribution in [0.5, 0.6) is 0 Å². The first kappa shape index (κ1) is 28.9. The Balaban J connectivity index is 1.52. The van der Waals surface area contributed by atoms with Crippen LogP contribution in [0, 0.1) is 24.1 Å². The molecule has 2 saturated heterocycles. The standard InChI is InChI=1S/C30H27ClFN5O2S2/c1-3-36-27(35-14-12-34(13-15-35)22-10-8-21(32)9-11-22)23(19(2)24(17-33)28(36)38)16-26-29(39)37(30(40)41-26)18-20-6-4-5-7-25(20)31/h4-11,16H,3,12-15,18H2,1-2H3/b26-16+. The second kappa shape index (κ2) is 12.1. The number of amides is 1. The lowest BCUT2D eigenvalue weighted by atomic mass is 10.0. The average Bonchev–Trinajstić information content (AvgIpc) is 3.23. The third kappa shape index (κ3) is 5.62. The molecule has 0 aliphatic carbocycles. The summed E-state index contributed by atoms with van der Waals surface area (Å²) in [5.74, 6) is 0.137. The summed E-state index contributed by atoms with van der Waals surface area (Å²) in [6.45, 7) is 6.71. The maximum absolute atomic E-state index is 13.6. The molecular formula is C30H27ClFN5O2S2. The van der Waals surface area contributed by atoms with Gasteiger partial charge >= 0.3 is 0 Å². The number of carbonyl (C=O) groups excluding carboxylic acids is 1. The van der Waals surface area contributed by atoms with Gasteiger partial charge in [0.1, 0.15) is 27.6 Å². The van der Waals surface area contributed by atoms with E-state index in [2.05, 4.69) is 15.9 Å². The van der Waals surface area contributed by atoms with Crippen LogP contribution in [0.3, 0.4) is 0 Å².